The number of nitrogens with zero attached hydrogens (tertiary/aromatic N) is 1. The molecule has 5 heteroatoms. The van der Waals surface area contributed by atoms with E-state index in [-0.39, 0.29) is 5.91 Å². The maximum absolute atomic E-state index is 11.9. The van der Waals surface area contributed by atoms with Gasteiger partial charge in [0.1, 0.15) is 5.75 Å². The van der Waals surface area contributed by atoms with Crippen LogP contribution in [0.2, 0.25) is 0 Å². The van der Waals surface area contributed by atoms with Crippen LogP contribution in [0.1, 0.15) is 23.7 Å². The predicted molar refractivity (Wildman–Crippen MR) is 68.8 cm³/mol. The molecular formula is C13H15N3O2. The fraction of sp³-hybridized carbons (Fsp3) is 0.231. The predicted octanol–water partition coefficient (Wildman–Crippen LogP) is 2.45. The second-order valence-corrected chi connectivity index (χ2v) is 3.77. The van der Waals surface area contributed by atoms with Crippen LogP contribution in [-0.2, 0) is 0 Å². The van der Waals surface area contributed by atoms with E-state index in [9.17, 15) is 4.79 Å². The molecule has 0 aliphatic rings. The number of aromatic amines is 1. The normalized spacial score (nSPS) is 10.1. The number of imidazole rings is 1. The first-order chi connectivity index (χ1) is 8.79. The van der Waals surface area contributed by atoms with Crippen molar-refractivity contribution in [1.82, 2.24) is 9.97 Å². The minimum Gasteiger partial charge on any atom is -0.494 e. The van der Waals surface area contributed by atoms with Gasteiger partial charge in [-0.25, -0.2) is 4.98 Å². The topological polar surface area (TPSA) is 67.0 Å². The Morgan fingerprint density at radius 2 is 2.39 bits per heavy atom. The fourth-order valence-corrected chi connectivity index (χ4v) is 1.46. The molecule has 1 aromatic carbocycles. The first kappa shape index (κ1) is 12.2. The van der Waals surface area contributed by atoms with Gasteiger partial charge >= 0.3 is 0 Å². The number of carbonyl (C=O) groups excluding carboxylic acids is 1. The summed E-state index contributed by atoms with van der Waals surface area (Å²) in [4.78, 5) is 18.7. The fourth-order valence-electron chi connectivity index (χ4n) is 1.46. The number of amides is 1. The van der Waals surface area contributed by atoms with Crippen LogP contribution in [0.5, 0.6) is 5.75 Å². The Balaban J connectivity index is 2.05. The molecule has 1 aromatic heterocycles. The first-order valence-electron chi connectivity index (χ1n) is 5.83. The Morgan fingerprint density at radius 1 is 1.50 bits per heavy atom. The van der Waals surface area contributed by atoms with E-state index in [4.69, 9.17) is 4.74 Å². The standard InChI is InChI=1S/C13H15N3O2/c1-2-8-18-11-5-3-4-10(9-11)12(17)16-13-14-6-7-15-13/h3-7,9H,2,8H2,1H3,(H2,14,15,16,17). The van der Waals surface area contributed by atoms with Gasteiger partial charge in [-0.05, 0) is 24.6 Å². The number of aromatic nitrogens is 2. The summed E-state index contributed by atoms with van der Waals surface area (Å²) in [5.74, 6) is 0.913. The molecule has 1 amide bonds. The number of rotatable bonds is 5. The van der Waals surface area contributed by atoms with Crippen molar-refractivity contribution in [3.63, 3.8) is 0 Å². The van der Waals surface area contributed by atoms with Gasteiger partial charge in [0, 0.05) is 18.0 Å². The SMILES string of the molecule is CCCOc1cccc(C(=O)Nc2ncc[nH]2)c1. The van der Waals surface area contributed by atoms with Crippen molar-refractivity contribution in [2.45, 2.75) is 13.3 Å². The number of anilines is 1. The number of H-pyrrole nitrogens is 1. The highest BCUT2D eigenvalue weighted by Crippen LogP contribution is 2.14. The number of nitrogens with one attached hydrogen (secondary N) is 2. The lowest BCUT2D eigenvalue weighted by Gasteiger charge is -2.06. The molecule has 0 radical (unpaired) electrons. The van der Waals surface area contributed by atoms with Crippen molar-refractivity contribution < 1.29 is 9.53 Å². The van der Waals surface area contributed by atoms with Gasteiger partial charge in [-0.15, -0.1) is 0 Å². The van der Waals surface area contributed by atoms with Gasteiger partial charge in [0.2, 0.25) is 5.95 Å². The van der Waals surface area contributed by atoms with Crippen molar-refractivity contribution in [3.05, 3.63) is 42.2 Å². The summed E-state index contributed by atoms with van der Waals surface area (Å²) in [5.41, 5.74) is 0.542. The largest absolute Gasteiger partial charge is 0.494 e. The minimum absolute atomic E-state index is 0.216. The van der Waals surface area contributed by atoms with Crippen LogP contribution in [-0.4, -0.2) is 22.5 Å². The van der Waals surface area contributed by atoms with Crippen LogP contribution in [0.15, 0.2) is 36.7 Å². The maximum Gasteiger partial charge on any atom is 0.258 e. The van der Waals surface area contributed by atoms with Crippen LogP contribution in [0.3, 0.4) is 0 Å². The average Bonchev–Trinajstić information content (AvgIpc) is 2.89. The van der Waals surface area contributed by atoms with Gasteiger partial charge in [0.05, 0.1) is 6.61 Å². The smallest absolute Gasteiger partial charge is 0.258 e. The maximum atomic E-state index is 11.9. The molecule has 0 fully saturated rings. The monoisotopic (exact) mass is 245 g/mol. The van der Waals surface area contributed by atoms with Crippen LogP contribution in [0, 0.1) is 0 Å². The Bertz CT molecular complexity index is 509. The third-order valence-electron chi connectivity index (χ3n) is 2.30. The molecule has 0 bridgehead atoms. The summed E-state index contributed by atoms with van der Waals surface area (Å²) in [6, 6.07) is 7.08. The molecule has 18 heavy (non-hydrogen) atoms. The van der Waals surface area contributed by atoms with Crippen molar-refractivity contribution >= 4 is 11.9 Å². The zero-order valence-corrected chi connectivity index (χ0v) is 10.1. The van der Waals surface area contributed by atoms with Crippen molar-refractivity contribution in [3.8, 4) is 5.75 Å². The van der Waals surface area contributed by atoms with Crippen molar-refractivity contribution in [2.75, 3.05) is 11.9 Å². The molecule has 0 saturated carbocycles. The molecule has 0 aliphatic heterocycles. The third kappa shape index (κ3) is 3.10. The van der Waals surface area contributed by atoms with E-state index in [2.05, 4.69) is 15.3 Å². The highest BCUT2D eigenvalue weighted by molar-refractivity contribution is 6.03. The van der Waals surface area contributed by atoms with Crippen LogP contribution >= 0.6 is 0 Å². The van der Waals surface area contributed by atoms with E-state index >= 15 is 0 Å². The molecule has 2 N–H and O–H groups in total. The van der Waals surface area contributed by atoms with Gasteiger partial charge in [0.15, 0.2) is 0 Å². The van der Waals surface area contributed by atoms with E-state index < -0.39 is 0 Å². The van der Waals surface area contributed by atoms with Crippen LogP contribution in [0.4, 0.5) is 5.95 Å². The summed E-state index contributed by atoms with van der Waals surface area (Å²) >= 11 is 0. The number of benzene rings is 1. The zero-order chi connectivity index (χ0) is 12.8. The molecule has 0 spiro atoms. The quantitative estimate of drug-likeness (QED) is 0.850. The second kappa shape index (κ2) is 5.86. The molecule has 0 saturated heterocycles. The first-order valence-corrected chi connectivity index (χ1v) is 5.83. The van der Waals surface area contributed by atoms with E-state index in [0.717, 1.165) is 6.42 Å². The minimum atomic E-state index is -0.216. The number of hydrogen-bond donors (Lipinski definition) is 2. The van der Waals surface area contributed by atoms with Gasteiger partial charge in [-0.1, -0.05) is 13.0 Å². The summed E-state index contributed by atoms with van der Waals surface area (Å²) in [6.45, 7) is 2.68. The van der Waals surface area contributed by atoms with Gasteiger partial charge < -0.3 is 9.72 Å². The second-order valence-electron chi connectivity index (χ2n) is 3.77. The molecule has 0 unspecified atom stereocenters. The highest BCUT2D eigenvalue weighted by atomic mass is 16.5. The summed E-state index contributed by atoms with van der Waals surface area (Å²) in [6.07, 6.45) is 4.16. The highest BCUT2D eigenvalue weighted by Gasteiger charge is 2.08. The Hall–Kier alpha value is -2.30. The van der Waals surface area contributed by atoms with Crippen molar-refractivity contribution in [1.29, 1.82) is 0 Å². The number of carbonyl (C=O) groups is 1. The van der Waals surface area contributed by atoms with Gasteiger partial charge in [-0.3, -0.25) is 10.1 Å². The van der Waals surface area contributed by atoms with Crippen LogP contribution < -0.4 is 10.1 Å². The number of hydrogen-bond acceptors (Lipinski definition) is 3. The van der Waals surface area contributed by atoms with E-state index in [1.165, 1.54) is 0 Å². The zero-order valence-electron chi connectivity index (χ0n) is 10.1. The Labute approximate surface area is 105 Å². The lowest BCUT2D eigenvalue weighted by atomic mass is 10.2. The molecule has 1 heterocycles. The molecular weight excluding hydrogens is 230 g/mol. The average molecular weight is 245 g/mol. The lowest BCUT2D eigenvalue weighted by molar-refractivity contribution is 0.102. The number of ether oxygens (including phenoxy) is 1. The van der Waals surface area contributed by atoms with Gasteiger partial charge in [-0.2, -0.15) is 0 Å². The molecule has 5 nitrogen and oxygen atoms in total. The van der Waals surface area contributed by atoms with E-state index in [0.29, 0.717) is 23.9 Å². The van der Waals surface area contributed by atoms with E-state index in [1.807, 2.05) is 13.0 Å². The van der Waals surface area contributed by atoms with Crippen molar-refractivity contribution in [2.24, 2.45) is 0 Å². The molecule has 0 aliphatic carbocycles. The summed E-state index contributed by atoms with van der Waals surface area (Å²) in [7, 11) is 0. The molecule has 94 valence electrons. The third-order valence-corrected chi connectivity index (χ3v) is 2.30. The summed E-state index contributed by atoms with van der Waals surface area (Å²) in [5, 5.41) is 2.66. The molecule has 2 aromatic rings. The molecule has 0 atom stereocenters. The Morgan fingerprint density at radius 3 is 3.11 bits per heavy atom. The summed E-state index contributed by atoms with van der Waals surface area (Å²) < 4.78 is 5.48. The molecule has 2 rings (SSSR count). The Kier molecular flexibility index (Phi) is 3.96. The van der Waals surface area contributed by atoms with E-state index in [1.54, 1.807) is 30.6 Å². The lowest BCUT2D eigenvalue weighted by Crippen LogP contribution is -2.13. The van der Waals surface area contributed by atoms with Gasteiger partial charge in [0.25, 0.3) is 5.91 Å². The van der Waals surface area contributed by atoms with Crippen LogP contribution in [0.25, 0.3) is 0 Å².